The first-order chi connectivity index (χ1) is 12.0. The lowest BCUT2D eigenvalue weighted by molar-refractivity contribution is 0.287. The minimum absolute atomic E-state index is 0.218. The number of likely N-dealkylation sites (N-methyl/N-ethyl adjacent to an activating group) is 1. The van der Waals surface area contributed by atoms with Crippen LogP contribution in [0.4, 0.5) is 0 Å². The molecule has 2 heterocycles. The van der Waals surface area contributed by atoms with E-state index in [-0.39, 0.29) is 11.2 Å². The van der Waals surface area contributed by atoms with E-state index in [0.717, 1.165) is 28.7 Å². The summed E-state index contributed by atoms with van der Waals surface area (Å²) in [5.41, 5.74) is 1.28. The third-order valence-electron chi connectivity index (χ3n) is 4.41. The van der Waals surface area contributed by atoms with E-state index >= 15 is 0 Å². The SMILES string of the molecule is CCN(CC)CCn1c(=O)[nH]c2scc(-c3ccc(Br)cc3)c2c1=O. The quantitative estimate of drug-likeness (QED) is 0.662. The van der Waals surface area contributed by atoms with Gasteiger partial charge < -0.3 is 4.90 Å². The molecule has 0 saturated heterocycles. The van der Waals surface area contributed by atoms with E-state index in [1.807, 2.05) is 29.6 Å². The molecule has 1 N–H and O–H groups in total. The predicted molar refractivity (Wildman–Crippen MR) is 108 cm³/mol. The van der Waals surface area contributed by atoms with Crippen molar-refractivity contribution in [1.82, 2.24) is 14.5 Å². The Bertz CT molecular complexity index is 984. The van der Waals surface area contributed by atoms with E-state index in [9.17, 15) is 9.59 Å². The second-order valence-corrected chi connectivity index (χ2v) is 7.57. The summed E-state index contributed by atoms with van der Waals surface area (Å²) >= 11 is 4.82. The van der Waals surface area contributed by atoms with Crippen LogP contribution in [0.15, 0.2) is 43.7 Å². The predicted octanol–water partition coefficient (Wildman–Crippen LogP) is 3.52. The number of benzene rings is 1. The summed E-state index contributed by atoms with van der Waals surface area (Å²) in [6.07, 6.45) is 0. The molecule has 0 unspecified atom stereocenters. The lowest BCUT2D eigenvalue weighted by atomic mass is 10.1. The van der Waals surface area contributed by atoms with Crippen LogP contribution in [0.5, 0.6) is 0 Å². The number of hydrogen-bond donors (Lipinski definition) is 1. The number of fused-ring (bicyclic) bond motifs is 1. The fraction of sp³-hybridized carbons (Fsp3) is 0.333. The molecule has 0 spiro atoms. The van der Waals surface area contributed by atoms with Gasteiger partial charge >= 0.3 is 5.69 Å². The van der Waals surface area contributed by atoms with Crippen molar-refractivity contribution >= 4 is 37.5 Å². The summed E-state index contributed by atoms with van der Waals surface area (Å²) < 4.78 is 2.30. The smallest absolute Gasteiger partial charge is 0.302 e. The van der Waals surface area contributed by atoms with E-state index in [2.05, 4.69) is 39.7 Å². The van der Waals surface area contributed by atoms with Crippen molar-refractivity contribution in [2.45, 2.75) is 20.4 Å². The summed E-state index contributed by atoms with van der Waals surface area (Å²) in [6.45, 7) is 7.01. The highest BCUT2D eigenvalue weighted by atomic mass is 79.9. The standard InChI is InChI=1S/C18H20BrN3O2S/c1-3-21(4-2)9-10-22-17(23)15-14(11-25-16(15)20-18(22)24)12-5-7-13(19)8-6-12/h5-8,11H,3-4,9-10H2,1-2H3,(H,20,24). The van der Waals surface area contributed by atoms with Gasteiger partial charge in [0.1, 0.15) is 4.83 Å². The average Bonchev–Trinajstić information content (AvgIpc) is 3.02. The lowest BCUT2D eigenvalue weighted by Gasteiger charge is -2.18. The molecule has 5 nitrogen and oxygen atoms in total. The minimum atomic E-state index is -0.339. The Kier molecular flexibility index (Phi) is 5.56. The van der Waals surface area contributed by atoms with Crippen LogP contribution < -0.4 is 11.2 Å². The molecule has 0 saturated carbocycles. The van der Waals surface area contributed by atoms with E-state index in [0.29, 0.717) is 23.3 Å². The summed E-state index contributed by atoms with van der Waals surface area (Å²) in [7, 11) is 0. The first-order valence-corrected chi connectivity index (χ1v) is 9.95. The first-order valence-electron chi connectivity index (χ1n) is 8.27. The number of aromatic amines is 1. The summed E-state index contributed by atoms with van der Waals surface area (Å²) in [6, 6.07) is 7.83. The van der Waals surface area contributed by atoms with Crippen LogP contribution in [0.25, 0.3) is 21.3 Å². The molecule has 0 bridgehead atoms. The number of rotatable bonds is 6. The number of H-pyrrole nitrogens is 1. The van der Waals surface area contributed by atoms with Gasteiger partial charge in [0, 0.05) is 28.5 Å². The Hall–Kier alpha value is -1.70. The number of nitrogens with one attached hydrogen (secondary N) is 1. The highest BCUT2D eigenvalue weighted by Gasteiger charge is 2.15. The van der Waals surface area contributed by atoms with Gasteiger partial charge in [0.15, 0.2) is 0 Å². The fourth-order valence-corrected chi connectivity index (χ4v) is 4.10. The van der Waals surface area contributed by atoms with Crippen molar-refractivity contribution in [3.63, 3.8) is 0 Å². The van der Waals surface area contributed by atoms with Gasteiger partial charge in [-0.25, -0.2) is 4.79 Å². The Balaban J connectivity index is 2.08. The Morgan fingerprint density at radius 2 is 1.84 bits per heavy atom. The van der Waals surface area contributed by atoms with Crippen molar-refractivity contribution in [2.24, 2.45) is 0 Å². The van der Waals surface area contributed by atoms with Crippen molar-refractivity contribution < 1.29 is 0 Å². The average molecular weight is 422 g/mol. The normalized spacial score (nSPS) is 11.5. The minimum Gasteiger partial charge on any atom is -0.302 e. The maximum atomic E-state index is 13.0. The van der Waals surface area contributed by atoms with Crippen LogP contribution >= 0.6 is 27.3 Å². The summed E-state index contributed by atoms with van der Waals surface area (Å²) in [4.78, 5) is 31.0. The van der Waals surface area contributed by atoms with E-state index in [1.165, 1.54) is 15.9 Å². The van der Waals surface area contributed by atoms with Crippen LogP contribution in [0, 0.1) is 0 Å². The second kappa shape index (κ2) is 7.68. The monoisotopic (exact) mass is 421 g/mol. The van der Waals surface area contributed by atoms with Crippen LogP contribution in [0.3, 0.4) is 0 Å². The van der Waals surface area contributed by atoms with Gasteiger partial charge in [0.2, 0.25) is 0 Å². The molecule has 25 heavy (non-hydrogen) atoms. The van der Waals surface area contributed by atoms with Crippen LogP contribution in [-0.4, -0.2) is 34.1 Å². The molecule has 2 aromatic heterocycles. The Morgan fingerprint density at radius 1 is 1.16 bits per heavy atom. The molecule has 132 valence electrons. The molecule has 3 aromatic rings. The highest BCUT2D eigenvalue weighted by Crippen LogP contribution is 2.30. The van der Waals surface area contributed by atoms with E-state index < -0.39 is 0 Å². The molecule has 7 heteroatoms. The van der Waals surface area contributed by atoms with Gasteiger partial charge in [-0.2, -0.15) is 0 Å². The molecule has 0 amide bonds. The number of hydrogen-bond acceptors (Lipinski definition) is 4. The molecular formula is C18H20BrN3O2S. The zero-order valence-corrected chi connectivity index (χ0v) is 16.6. The zero-order valence-electron chi connectivity index (χ0n) is 14.2. The van der Waals surface area contributed by atoms with E-state index in [4.69, 9.17) is 0 Å². The van der Waals surface area contributed by atoms with Gasteiger partial charge in [-0.3, -0.25) is 14.3 Å². The molecule has 0 aliphatic heterocycles. The zero-order chi connectivity index (χ0) is 18.0. The fourth-order valence-electron chi connectivity index (χ4n) is 2.88. The lowest BCUT2D eigenvalue weighted by Crippen LogP contribution is -2.39. The topological polar surface area (TPSA) is 58.1 Å². The van der Waals surface area contributed by atoms with Gasteiger partial charge in [-0.05, 0) is 30.8 Å². The summed E-state index contributed by atoms with van der Waals surface area (Å²) in [5.74, 6) is 0. The molecule has 1 aromatic carbocycles. The molecule has 0 atom stereocenters. The summed E-state index contributed by atoms with van der Waals surface area (Å²) in [5, 5.41) is 2.52. The number of aromatic nitrogens is 2. The van der Waals surface area contributed by atoms with E-state index in [1.54, 1.807) is 0 Å². The van der Waals surface area contributed by atoms with Crippen molar-refractivity contribution in [3.05, 3.63) is 55.0 Å². The van der Waals surface area contributed by atoms with Crippen molar-refractivity contribution in [3.8, 4) is 11.1 Å². The van der Waals surface area contributed by atoms with Gasteiger partial charge in [-0.1, -0.05) is 41.9 Å². The van der Waals surface area contributed by atoms with Crippen LogP contribution in [0.2, 0.25) is 0 Å². The van der Waals surface area contributed by atoms with Gasteiger partial charge in [-0.15, -0.1) is 11.3 Å². The van der Waals surface area contributed by atoms with Gasteiger partial charge in [0.05, 0.1) is 5.39 Å². The molecular weight excluding hydrogens is 402 g/mol. The van der Waals surface area contributed by atoms with Crippen LogP contribution in [-0.2, 0) is 6.54 Å². The number of nitrogens with zero attached hydrogens (tertiary/aromatic N) is 2. The maximum absolute atomic E-state index is 13.0. The molecule has 3 rings (SSSR count). The molecule has 0 radical (unpaired) electrons. The Labute approximate surface area is 158 Å². The molecule has 0 aliphatic rings. The van der Waals surface area contributed by atoms with Gasteiger partial charge in [0.25, 0.3) is 5.56 Å². The maximum Gasteiger partial charge on any atom is 0.329 e. The number of halogens is 1. The largest absolute Gasteiger partial charge is 0.329 e. The molecule has 0 aliphatic carbocycles. The number of thiophene rings is 1. The highest BCUT2D eigenvalue weighted by molar-refractivity contribution is 9.10. The third-order valence-corrected chi connectivity index (χ3v) is 5.83. The third kappa shape index (κ3) is 3.63. The van der Waals surface area contributed by atoms with Crippen LogP contribution in [0.1, 0.15) is 13.8 Å². The second-order valence-electron chi connectivity index (χ2n) is 5.77. The first kappa shape index (κ1) is 18.1. The van der Waals surface area contributed by atoms with Crippen molar-refractivity contribution in [1.29, 1.82) is 0 Å². The Morgan fingerprint density at radius 3 is 2.48 bits per heavy atom. The molecule has 0 fully saturated rings. The van der Waals surface area contributed by atoms with Crippen molar-refractivity contribution in [2.75, 3.05) is 19.6 Å².